The molecule has 1 rings (SSSR count). The molecular weight excluding hydrogens is 209 g/mol. The molecule has 0 saturated carbocycles. The Morgan fingerprint density at radius 2 is 1.67 bits per heavy atom. The van der Waals surface area contributed by atoms with Crippen LogP contribution in [0.15, 0.2) is 12.1 Å². The van der Waals surface area contributed by atoms with Crippen LogP contribution in [0.2, 0.25) is 0 Å². The predicted molar refractivity (Wildman–Crippen MR) is 47.0 cm³/mol. The zero-order valence-electron chi connectivity index (χ0n) is 7.70. The zero-order valence-corrected chi connectivity index (χ0v) is 7.70. The van der Waals surface area contributed by atoms with Crippen LogP contribution in [0.5, 0.6) is 0 Å². The molecule has 0 unspecified atom stereocenters. The Labute approximate surface area is 85.9 Å². The maximum atomic E-state index is 12.9. The van der Waals surface area contributed by atoms with Gasteiger partial charge in [-0.1, -0.05) is 0 Å². The molecule has 0 atom stereocenters. The van der Waals surface area contributed by atoms with Crippen LogP contribution in [0.1, 0.15) is 10.4 Å². The molecule has 0 bridgehead atoms. The summed E-state index contributed by atoms with van der Waals surface area (Å²) in [5.74, 6) is -3.11. The molecule has 7 heteroatoms. The van der Waals surface area contributed by atoms with Crippen molar-refractivity contribution in [2.75, 3.05) is 7.11 Å². The Bertz CT molecular complexity index is 333. The number of carbonyl (C=O) groups is 1. The van der Waals surface area contributed by atoms with Crippen molar-refractivity contribution in [3.8, 4) is 0 Å². The van der Waals surface area contributed by atoms with Gasteiger partial charge in [-0.3, -0.25) is 0 Å². The fourth-order valence-electron chi connectivity index (χ4n) is 0.890. The van der Waals surface area contributed by atoms with E-state index in [0.717, 1.165) is 19.2 Å². The largest absolute Gasteiger partial charge is 0.870 e. The molecule has 15 heavy (non-hydrogen) atoms. The van der Waals surface area contributed by atoms with Crippen molar-refractivity contribution >= 4 is 19.3 Å². The van der Waals surface area contributed by atoms with E-state index < -0.39 is 23.2 Å². The molecule has 0 aliphatic heterocycles. The van der Waals surface area contributed by atoms with Crippen molar-refractivity contribution in [3.63, 3.8) is 0 Å². The summed E-state index contributed by atoms with van der Waals surface area (Å²) in [5, 5.41) is 0. The van der Waals surface area contributed by atoms with E-state index in [2.05, 4.69) is 4.74 Å². The second kappa shape index (κ2) is 6.10. The third-order valence-electron chi connectivity index (χ3n) is 1.45. The van der Waals surface area contributed by atoms with Crippen molar-refractivity contribution in [1.29, 1.82) is 0 Å². The van der Waals surface area contributed by atoms with Crippen LogP contribution in [0.3, 0.4) is 0 Å². The number of ether oxygens (including phenoxy) is 1. The molecule has 0 spiro atoms. The van der Waals surface area contributed by atoms with Crippen molar-refractivity contribution in [3.05, 3.63) is 29.3 Å². The SMILES string of the molecule is [B+2]c1cc(F)c(C(=O)OC)c(F)c1.[OH-].[OH-]. The van der Waals surface area contributed by atoms with Gasteiger partial charge in [-0.15, -0.1) is 0 Å². The minimum absolute atomic E-state index is 0. The van der Waals surface area contributed by atoms with Crippen LogP contribution in [0.4, 0.5) is 8.78 Å². The average molecular weight is 216 g/mol. The monoisotopic (exact) mass is 216 g/mol. The van der Waals surface area contributed by atoms with Gasteiger partial charge in [0.1, 0.15) is 0 Å². The Balaban J connectivity index is 0. The summed E-state index contributed by atoms with van der Waals surface area (Å²) in [6, 6.07) is 1.71. The molecule has 0 fully saturated rings. The van der Waals surface area contributed by atoms with Crippen molar-refractivity contribution < 1.29 is 29.3 Å². The minimum atomic E-state index is -1.06. The summed E-state index contributed by atoms with van der Waals surface area (Å²) in [6.07, 6.45) is 0. The summed E-state index contributed by atoms with van der Waals surface area (Å²) in [6.45, 7) is 0. The summed E-state index contributed by atoms with van der Waals surface area (Å²) < 4.78 is 30.0. The van der Waals surface area contributed by atoms with E-state index in [4.69, 9.17) is 7.85 Å². The van der Waals surface area contributed by atoms with E-state index in [1.165, 1.54) is 0 Å². The van der Waals surface area contributed by atoms with E-state index >= 15 is 0 Å². The van der Waals surface area contributed by atoms with Gasteiger partial charge in [-0.25, -0.2) is 0 Å². The molecule has 0 saturated heterocycles. The van der Waals surface area contributed by atoms with E-state index in [-0.39, 0.29) is 16.4 Å². The molecule has 0 aliphatic carbocycles. The number of benzene rings is 1. The summed E-state index contributed by atoms with van der Waals surface area (Å²) in [7, 11) is 6.18. The minimum Gasteiger partial charge on any atom is -0.870 e. The summed E-state index contributed by atoms with van der Waals surface area (Å²) in [4.78, 5) is 10.8. The third kappa shape index (κ3) is 3.30. The van der Waals surface area contributed by atoms with Gasteiger partial charge in [0.2, 0.25) is 0 Å². The maximum Gasteiger partial charge on any atom is -0.870 e. The fraction of sp³-hybridized carbons (Fsp3) is 0.125. The number of halogens is 2. The summed E-state index contributed by atoms with van der Waals surface area (Å²) >= 11 is 0. The second-order valence-electron chi connectivity index (χ2n) is 2.35. The topological polar surface area (TPSA) is 86.3 Å². The number of carbonyl (C=O) groups excluding carboxylic acids is 1. The van der Waals surface area contributed by atoms with Crippen molar-refractivity contribution in [2.24, 2.45) is 0 Å². The first-order valence-corrected chi connectivity index (χ1v) is 3.39. The van der Waals surface area contributed by atoms with E-state index in [1.807, 2.05) is 0 Å². The van der Waals surface area contributed by atoms with Crippen LogP contribution in [-0.2, 0) is 4.74 Å². The van der Waals surface area contributed by atoms with E-state index in [9.17, 15) is 13.6 Å². The molecular formula is C8H7BF2O4. The standard InChI is InChI=1S/C8H5BF2O2.2H2O/c1-13-8(12)7-5(10)2-4(9)3-6(7)11;;/h2-3H,1H3;2*1H2/q+2;;/p-2. The van der Waals surface area contributed by atoms with Gasteiger partial charge in [0.25, 0.3) is 0 Å². The number of esters is 1. The van der Waals surface area contributed by atoms with Gasteiger partial charge in [-0.2, -0.15) is 0 Å². The van der Waals surface area contributed by atoms with Crippen LogP contribution < -0.4 is 5.46 Å². The second-order valence-corrected chi connectivity index (χ2v) is 2.35. The molecule has 4 nitrogen and oxygen atoms in total. The molecule has 0 amide bonds. The first-order valence-electron chi connectivity index (χ1n) is 3.39. The molecule has 2 N–H and O–H groups in total. The first kappa shape index (κ1) is 16.0. The van der Waals surface area contributed by atoms with Crippen LogP contribution in [-0.4, -0.2) is 31.9 Å². The van der Waals surface area contributed by atoms with Crippen LogP contribution in [0.25, 0.3) is 0 Å². The summed E-state index contributed by atoms with van der Waals surface area (Å²) in [5.41, 5.74) is -0.806. The molecule has 80 valence electrons. The Morgan fingerprint density at radius 1 is 1.27 bits per heavy atom. The Kier molecular flexibility index (Phi) is 6.50. The van der Waals surface area contributed by atoms with Crippen molar-refractivity contribution in [1.82, 2.24) is 0 Å². The zero-order chi connectivity index (χ0) is 10.0. The number of hydrogen-bond donors (Lipinski definition) is 0. The number of hydrogen-bond acceptors (Lipinski definition) is 4. The Morgan fingerprint density at radius 3 is 2.00 bits per heavy atom. The fourth-order valence-corrected chi connectivity index (χ4v) is 0.890. The van der Waals surface area contributed by atoms with Crippen LogP contribution >= 0.6 is 0 Å². The number of rotatable bonds is 1. The smallest absolute Gasteiger partial charge is 0.870 e. The van der Waals surface area contributed by atoms with Gasteiger partial charge in [0.05, 0.1) is 0 Å². The van der Waals surface area contributed by atoms with Crippen LogP contribution in [0, 0.1) is 11.6 Å². The molecule has 0 aromatic heterocycles. The van der Waals surface area contributed by atoms with Gasteiger partial charge in [0.15, 0.2) is 0 Å². The van der Waals surface area contributed by atoms with Gasteiger partial charge in [-0.05, 0) is 0 Å². The number of methoxy groups -OCH3 is 1. The molecule has 0 aliphatic rings. The van der Waals surface area contributed by atoms with Gasteiger partial charge in [0, 0.05) is 0 Å². The van der Waals surface area contributed by atoms with Gasteiger partial charge < -0.3 is 11.0 Å². The quantitative estimate of drug-likeness (QED) is 0.495. The van der Waals surface area contributed by atoms with Crippen molar-refractivity contribution in [2.45, 2.75) is 0 Å². The Hall–Kier alpha value is -1.47. The van der Waals surface area contributed by atoms with Gasteiger partial charge >= 0.3 is 74.0 Å². The molecule has 0 heterocycles. The average Bonchev–Trinajstić information content (AvgIpc) is 2.02. The molecule has 1 aromatic carbocycles. The van der Waals surface area contributed by atoms with E-state index in [1.54, 1.807) is 0 Å². The maximum absolute atomic E-state index is 12.9. The normalized spacial score (nSPS) is 8.60. The molecule has 1 aromatic rings. The molecule has 0 radical (unpaired) electrons. The van der Waals surface area contributed by atoms with E-state index in [0.29, 0.717) is 0 Å². The first-order chi connectivity index (χ1) is 6.06. The third-order valence-corrected chi connectivity index (χ3v) is 1.45. The predicted octanol–water partition coefficient (Wildman–Crippen LogP) is 0.192.